The van der Waals surface area contributed by atoms with Crippen molar-refractivity contribution in [1.82, 2.24) is 19.8 Å². The Hall–Kier alpha value is -1.60. The third-order valence-corrected chi connectivity index (χ3v) is 4.61. The molecule has 0 spiro atoms. The number of carbonyl (C=O) groups is 1. The Morgan fingerprint density at radius 3 is 3.00 bits per heavy atom. The van der Waals surface area contributed by atoms with Crippen LogP contribution in [-0.4, -0.2) is 46.5 Å². The Balaban J connectivity index is 1.69. The number of aromatic nitrogens is 2. The van der Waals surface area contributed by atoms with Gasteiger partial charge in [0.2, 0.25) is 5.91 Å². The highest BCUT2D eigenvalue weighted by atomic mass is 35.5. The maximum Gasteiger partial charge on any atom is 0.238 e. The van der Waals surface area contributed by atoms with Crippen LogP contribution in [0, 0.1) is 0 Å². The second-order valence-corrected chi connectivity index (χ2v) is 6.60. The standard InChI is InChI=1S/C16H19Cl2N5O/c1-22-6-5-20-16(22)14-9-19-4-7-23(14)10-15(24)21-13-3-2-11(17)8-12(13)18/h2-3,5-6,8,14,19H,4,7,9-10H2,1H3,(H,21,24). The van der Waals surface area contributed by atoms with E-state index >= 15 is 0 Å². The SMILES string of the molecule is Cn1ccnc1C1CNCCN1CC(=O)Nc1ccc(Cl)cc1Cl. The number of hydrogen-bond donors (Lipinski definition) is 2. The number of carbonyl (C=O) groups excluding carboxylic acids is 1. The molecule has 0 radical (unpaired) electrons. The molecule has 1 unspecified atom stereocenters. The van der Waals surface area contributed by atoms with Gasteiger partial charge in [-0.3, -0.25) is 9.69 Å². The van der Waals surface area contributed by atoms with Crippen molar-refractivity contribution in [2.75, 3.05) is 31.5 Å². The summed E-state index contributed by atoms with van der Waals surface area (Å²) in [6.07, 6.45) is 3.69. The van der Waals surface area contributed by atoms with Gasteiger partial charge in [0.15, 0.2) is 0 Å². The van der Waals surface area contributed by atoms with Crippen LogP contribution in [0.1, 0.15) is 11.9 Å². The molecular formula is C16H19Cl2N5O. The first kappa shape index (κ1) is 17.2. The van der Waals surface area contributed by atoms with Crippen LogP contribution >= 0.6 is 23.2 Å². The Morgan fingerprint density at radius 2 is 2.29 bits per heavy atom. The zero-order valence-electron chi connectivity index (χ0n) is 13.3. The van der Waals surface area contributed by atoms with E-state index in [0.29, 0.717) is 15.7 Å². The van der Waals surface area contributed by atoms with E-state index in [1.54, 1.807) is 24.4 Å². The number of rotatable bonds is 4. The second kappa shape index (κ2) is 7.53. The molecule has 1 fully saturated rings. The van der Waals surface area contributed by atoms with E-state index in [9.17, 15) is 4.79 Å². The monoisotopic (exact) mass is 367 g/mol. The van der Waals surface area contributed by atoms with Gasteiger partial charge in [0.25, 0.3) is 0 Å². The summed E-state index contributed by atoms with van der Waals surface area (Å²) >= 11 is 12.0. The summed E-state index contributed by atoms with van der Waals surface area (Å²) in [7, 11) is 1.96. The average Bonchev–Trinajstić information content (AvgIpc) is 2.97. The van der Waals surface area contributed by atoms with E-state index in [1.807, 2.05) is 17.8 Å². The van der Waals surface area contributed by atoms with Crippen LogP contribution in [0.15, 0.2) is 30.6 Å². The van der Waals surface area contributed by atoms with Crippen LogP contribution in [0.2, 0.25) is 10.0 Å². The highest BCUT2D eigenvalue weighted by Crippen LogP contribution is 2.26. The minimum absolute atomic E-state index is 0.0604. The quantitative estimate of drug-likeness (QED) is 0.870. The van der Waals surface area contributed by atoms with Gasteiger partial charge in [0.05, 0.1) is 23.3 Å². The van der Waals surface area contributed by atoms with E-state index in [-0.39, 0.29) is 18.5 Å². The first-order valence-corrected chi connectivity index (χ1v) is 8.47. The molecule has 2 N–H and O–H groups in total. The summed E-state index contributed by atoms with van der Waals surface area (Å²) in [5, 5.41) is 7.17. The van der Waals surface area contributed by atoms with Crippen LogP contribution in [0.3, 0.4) is 0 Å². The molecule has 0 aliphatic carbocycles. The van der Waals surface area contributed by atoms with Gasteiger partial charge in [-0.2, -0.15) is 0 Å². The fourth-order valence-corrected chi connectivity index (χ4v) is 3.31. The lowest BCUT2D eigenvalue weighted by Crippen LogP contribution is -2.49. The molecule has 6 nitrogen and oxygen atoms in total. The number of piperazine rings is 1. The summed E-state index contributed by atoms with van der Waals surface area (Å²) in [5.41, 5.74) is 0.565. The molecule has 2 aromatic rings. The van der Waals surface area contributed by atoms with Gasteiger partial charge in [0.1, 0.15) is 5.82 Å². The number of hydrogen-bond acceptors (Lipinski definition) is 4. The van der Waals surface area contributed by atoms with Gasteiger partial charge in [-0.1, -0.05) is 23.2 Å². The molecule has 1 aliphatic rings. The highest BCUT2D eigenvalue weighted by molar-refractivity contribution is 6.36. The first-order chi connectivity index (χ1) is 11.5. The van der Waals surface area contributed by atoms with Crippen molar-refractivity contribution in [3.8, 4) is 0 Å². The molecule has 128 valence electrons. The molecular weight excluding hydrogens is 349 g/mol. The first-order valence-electron chi connectivity index (χ1n) is 7.71. The Morgan fingerprint density at radius 1 is 1.46 bits per heavy atom. The van der Waals surface area contributed by atoms with Gasteiger partial charge in [-0.05, 0) is 18.2 Å². The van der Waals surface area contributed by atoms with E-state index in [2.05, 4.69) is 20.5 Å². The molecule has 1 aromatic heterocycles. The second-order valence-electron chi connectivity index (χ2n) is 5.76. The normalized spacial score (nSPS) is 18.5. The Labute approximate surface area is 150 Å². The maximum atomic E-state index is 12.4. The molecule has 0 bridgehead atoms. The Bertz CT molecular complexity index is 733. The highest BCUT2D eigenvalue weighted by Gasteiger charge is 2.28. The number of benzene rings is 1. The van der Waals surface area contributed by atoms with Crippen molar-refractivity contribution in [2.24, 2.45) is 7.05 Å². The molecule has 1 aliphatic heterocycles. The molecule has 1 amide bonds. The molecule has 3 rings (SSSR count). The molecule has 1 aromatic carbocycles. The van der Waals surface area contributed by atoms with Gasteiger partial charge in [-0.25, -0.2) is 4.98 Å². The molecule has 8 heteroatoms. The predicted molar refractivity (Wildman–Crippen MR) is 95.5 cm³/mol. The van der Waals surface area contributed by atoms with Crippen LogP contribution in [0.4, 0.5) is 5.69 Å². The topological polar surface area (TPSA) is 62.2 Å². The van der Waals surface area contributed by atoms with Crippen molar-refractivity contribution >= 4 is 34.8 Å². The minimum Gasteiger partial charge on any atom is -0.337 e. The molecule has 2 heterocycles. The molecule has 1 atom stereocenters. The third-order valence-electron chi connectivity index (χ3n) is 4.06. The molecule has 0 saturated carbocycles. The Kier molecular flexibility index (Phi) is 5.40. The summed E-state index contributed by atoms with van der Waals surface area (Å²) in [6, 6.07) is 5.08. The van der Waals surface area contributed by atoms with Crippen molar-refractivity contribution in [2.45, 2.75) is 6.04 Å². The van der Waals surface area contributed by atoms with E-state index < -0.39 is 0 Å². The molecule has 24 heavy (non-hydrogen) atoms. The number of amides is 1. The van der Waals surface area contributed by atoms with Crippen LogP contribution in [0.5, 0.6) is 0 Å². The molecule has 1 saturated heterocycles. The van der Waals surface area contributed by atoms with Crippen LogP contribution < -0.4 is 10.6 Å². The number of aryl methyl sites for hydroxylation is 1. The van der Waals surface area contributed by atoms with Crippen molar-refractivity contribution in [3.63, 3.8) is 0 Å². The van der Waals surface area contributed by atoms with Gasteiger partial charge in [0, 0.05) is 44.1 Å². The third kappa shape index (κ3) is 3.89. The van der Waals surface area contributed by atoms with Crippen LogP contribution in [0.25, 0.3) is 0 Å². The number of anilines is 1. The van der Waals surface area contributed by atoms with E-state index in [4.69, 9.17) is 23.2 Å². The van der Waals surface area contributed by atoms with Gasteiger partial charge < -0.3 is 15.2 Å². The average molecular weight is 368 g/mol. The lowest BCUT2D eigenvalue weighted by Gasteiger charge is -2.35. The van der Waals surface area contributed by atoms with Gasteiger partial charge >= 0.3 is 0 Å². The number of imidazole rings is 1. The summed E-state index contributed by atoms with van der Waals surface area (Å²) in [4.78, 5) is 19.0. The smallest absolute Gasteiger partial charge is 0.238 e. The number of halogens is 2. The summed E-state index contributed by atoms with van der Waals surface area (Å²) < 4.78 is 1.98. The fraction of sp³-hybridized carbons (Fsp3) is 0.375. The van der Waals surface area contributed by atoms with Gasteiger partial charge in [-0.15, -0.1) is 0 Å². The summed E-state index contributed by atoms with van der Waals surface area (Å²) in [5.74, 6) is 0.833. The van der Waals surface area contributed by atoms with Crippen molar-refractivity contribution < 1.29 is 4.79 Å². The lowest BCUT2D eigenvalue weighted by atomic mass is 10.1. The van der Waals surface area contributed by atoms with Crippen molar-refractivity contribution in [3.05, 3.63) is 46.5 Å². The van der Waals surface area contributed by atoms with Crippen LogP contribution in [-0.2, 0) is 11.8 Å². The van der Waals surface area contributed by atoms with Crippen molar-refractivity contribution in [1.29, 1.82) is 0 Å². The zero-order valence-corrected chi connectivity index (χ0v) is 14.8. The minimum atomic E-state index is -0.111. The lowest BCUT2D eigenvalue weighted by molar-refractivity contribution is -0.118. The summed E-state index contributed by atoms with van der Waals surface area (Å²) in [6.45, 7) is 2.66. The van der Waals surface area contributed by atoms with E-state index in [1.165, 1.54) is 0 Å². The maximum absolute atomic E-state index is 12.4. The number of nitrogens with one attached hydrogen (secondary N) is 2. The number of nitrogens with zero attached hydrogens (tertiary/aromatic N) is 3. The zero-order chi connectivity index (χ0) is 17.1. The fourth-order valence-electron chi connectivity index (χ4n) is 2.85. The predicted octanol–water partition coefficient (Wildman–Crippen LogP) is 2.31. The van der Waals surface area contributed by atoms with E-state index in [0.717, 1.165) is 25.5 Å². The largest absolute Gasteiger partial charge is 0.337 e.